The van der Waals surface area contributed by atoms with Gasteiger partial charge in [-0.25, -0.2) is 0 Å². The second kappa shape index (κ2) is 6.53. The number of amides is 1. The Morgan fingerprint density at radius 2 is 2.22 bits per heavy atom. The van der Waals surface area contributed by atoms with Crippen LogP contribution < -0.4 is 10.6 Å². The molecular formula is C14H27N3O. The fraction of sp³-hybridized carbons (Fsp3) is 0.929. The number of rotatable bonds is 4. The van der Waals surface area contributed by atoms with Gasteiger partial charge in [-0.15, -0.1) is 0 Å². The summed E-state index contributed by atoms with van der Waals surface area (Å²) in [5, 5.41) is 6.99. The van der Waals surface area contributed by atoms with Crippen LogP contribution in [-0.4, -0.2) is 49.1 Å². The highest BCUT2D eigenvalue weighted by Gasteiger charge is 2.28. The molecule has 4 nitrogen and oxygen atoms in total. The third-order valence-electron chi connectivity index (χ3n) is 4.11. The molecule has 18 heavy (non-hydrogen) atoms. The molecule has 4 heteroatoms. The maximum atomic E-state index is 12.2. The Hall–Kier alpha value is -0.610. The van der Waals surface area contributed by atoms with Gasteiger partial charge >= 0.3 is 0 Å². The lowest BCUT2D eigenvalue weighted by atomic mass is 9.99. The molecule has 0 aromatic carbocycles. The minimum absolute atomic E-state index is 0.124. The van der Waals surface area contributed by atoms with Crippen LogP contribution in [0.5, 0.6) is 0 Å². The molecule has 2 fully saturated rings. The molecule has 2 atom stereocenters. The monoisotopic (exact) mass is 253 g/mol. The molecule has 0 aromatic rings. The van der Waals surface area contributed by atoms with Gasteiger partial charge in [0.15, 0.2) is 0 Å². The van der Waals surface area contributed by atoms with E-state index in [0.29, 0.717) is 18.0 Å². The van der Waals surface area contributed by atoms with Crippen LogP contribution in [0.2, 0.25) is 0 Å². The minimum atomic E-state index is 0.124. The van der Waals surface area contributed by atoms with Gasteiger partial charge in [0, 0.05) is 37.6 Å². The summed E-state index contributed by atoms with van der Waals surface area (Å²) in [5.74, 6) is 0.449. The van der Waals surface area contributed by atoms with Crippen LogP contribution in [0, 0.1) is 5.92 Å². The van der Waals surface area contributed by atoms with Crippen molar-refractivity contribution in [3.63, 3.8) is 0 Å². The number of piperidine rings is 1. The van der Waals surface area contributed by atoms with E-state index in [1.165, 1.54) is 19.3 Å². The van der Waals surface area contributed by atoms with Crippen molar-refractivity contribution >= 4 is 5.91 Å². The summed E-state index contributed by atoms with van der Waals surface area (Å²) in [6, 6.07) is 1.01. The van der Waals surface area contributed by atoms with E-state index in [0.717, 1.165) is 32.6 Å². The first-order chi connectivity index (χ1) is 8.68. The van der Waals surface area contributed by atoms with E-state index in [1.807, 2.05) is 13.8 Å². The van der Waals surface area contributed by atoms with Crippen LogP contribution in [0.15, 0.2) is 0 Å². The van der Waals surface area contributed by atoms with Gasteiger partial charge in [0.2, 0.25) is 5.91 Å². The Balaban J connectivity index is 1.84. The number of nitrogens with zero attached hydrogens (tertiary/aromatic N) is 1. The standard InChI is InChI=1S/C14H27N3O/c1-11(2)14(18)17-8-4-3-5-13(17)10-16-12-6-7-15-9-12/h11-13,15-16H,3-10H2,1-2H3. The van der Waals surface area contributed by atoms with E-state index in [-0.39, 0.29) is 5.92 Å². The lowest BCUT2D eigenvalue weighted by Gasteiger charge is -2.37. The van der Waals surface area contributed by atoms with Crippen molar-refractivity contribution in [2.45, 2.75) is 51.6 Å². The van der Waals surface area contributed by atoms with Crippen molar-refractivity contribution in [3.8, 4) is 0 Å². The van der Waals surface area contributed by atoms with Gasteiger partial charge in [-0.3, -0.25) is 4.79 Å². The molecule has 0 bridgehead atoms. The van der Waals surface area contributed by atoms with Crippen LogP contribution in [0.1, 0.15) is 39.5 Å². The zero-order valence-electron chi connectivity index (χ0n) is 11.7. The molecule has 2 N–H and O–H groups in total. The molecule has 2 saturated heterocycles. The quantitative estimate of drug-likeness (QED) is 0.785. The number of likely N-dealkylation sites (tertiary alicyclic amines) is 1. The van der Waals surface area contributed by atoms with Crippen LogP contribution in [-0.2, 0) is 4.79 Å². The summed E-state index contributed by atoms with van der Waals surface area (Å²) in [6.45, 7) is 8.11. The normalized spacial score (nSPS) is 28.9. The average Bonchev–Trinajstić information content (AvgIpc) is 2.89. The Kier molecular flexibility index (Phi) is 5.01. The van der Waals surface area contributed by atoms with Crippen molar-refractivity contribution < 1.29 is 4.79 Å². The third-order valence-corrected chi connectivity index (χ3v) is 4.11. The van der Waals surface area contributed by atoms with Gasteiger partial charge in [-0.1, -0.05) is 13.8 Å². The largest absolute Gasteiger partial charge is 0.338 e. The molecule has 2 aliphatic heterocycles. The first kappa shape index (κ1) is 13.8. The average molecular weight is 253 g/mol. The summed E-state index contributed by atoms with van der Waals surface area (Å²) in [7, 11) is 0. The van der Waals surface area contributed by atoms with Gasteiger partial charge in [0.25, 0.3) is 0 Å². The lowest BCUT2D eigenvalue weighted by molar-refractivity contribution is -0.138. The van der Waals surface area contributed by atoms with Gasteiger partial charge in [0.1, 0.15) is 0 Å². The molecule has 2 rings (SSSR count). The zero-order chi connectivity index (χ0) is 13.0. The lowest BCUT2D eigenvalue weighted by Crippen LogP contribution is -2.51. The predicted molar refractivity (Wildman–Crippen MR) is 73.5 cm³/mol. The number of carbonyl (C=O) groups is 1. The minimum Gasteiger partial charge on any atom is -0.338 e. The Labute approximate surface area is 110 Å². The van der Waals surface area contributed by atoms with Crippen LogP contribution >= 0.6 is 0 Å². The molecule has 2 heterocycles. The first-order valence-corrected chi connectivity index (χ1v) is 7.43. The highest BCUT2D eigenvalue weighted by molar-refractivity contribution is 5.78. The van der Waals surface area contributed by atoms with E-state index in [4.69, 9.17) is 0 Å². The fourth-order valence-electron chi connectivity index (χ4n) is 2.97. The van der Waals surface area contributed by atoms with Crippen molar-refractivity contribution in [3.05, 3.63) is 0 Å². The van der Waals surface area contributed by atoms with Gasteiger partial charge < -0.3 is 15.5 Å². The smallest absolute Gasteiger partial charge is 0.225 e. The maximum Gasteiger partial charge on any atom is 0.225 e. The molecule has 0 radical (unpaired) electrons. The fourth-order valence-corrected chi connectivity index (χ4v) is 2.97. The molecule has 2 unspecified atom stereocenters. The Morgan fingerprint density at radius 1 is 1.39 bits per heavy atom. The maximum absolute atomic E-state index is 12.2. The number of hydrogen-bond donors (Lipinski definition) is 2. The second-order valence-electron chi connectivity index (χ2n) is 5.93. The van der Waals surface area contributed by atoms with Crippen LogP contribution in [0.3, 0.4) is 0 Å². The molecule has 0 spiro atoms. The van der Waals surface area contributed by atoms with Gasteiger partial charge in [0.05, 0.1) is 0 Å². The molecule has 104 valence electrons. The third kappa shape index (κ3) is 3.45. The van der Waals surface area contributed by atoms with Crippen LogP contribution in [0.25, 0.3) is 0 Å². The van der Waals surface area contributed by atoms with E-state index < -0.39 is 0 Å². The molecule has 0 aliphatic carbocycles. The predicted octanol–water partition coefficient (Wildman–Crippen LogP) is 0.975. The Morgan fingerprint density at radius 3 is 2.89 bits per heavy atom. The van der Waals surface area contributed by atoms with E-state index in [9.17, 15) is 4.79 Å². The summed E-state index contributed by atoms with van der Waals surface area (Å²) >= 11 is 0. The molecule has 2 aliphatic rings. The SMILES string of the molecule is CC(C)C(=O)N1CCCCC1CNC1CCNC1. The van der Waals surface area contributed by atoms with Crippen molar-refractivity contribution in [1.82, 2.24) is 15.5 Å². The zero-order valence-corrected chi connectivity index (χ0v) is 11.7. The molecule has 0 saturated carbocycles. The topological polar surface area (TPSA) is 44.4 Å². The van der Waals surface area contributed by atoms with Crippen LogP contribution in [0.4, 0.5) is 0 Å². The molecular weight excluding hydrogens is 226 g/mol. The summed E-state index contributed by atoms with van der Waals surface area (Å²) < 4.78 is 0. The highest BCUT2D eigenvalue weighted by Crippen LogP contribution is 2.19. The summed E-state index contributed by atoms with van der Waals surface area (Å²) in [6.07, 6.45) is 4.80. The number of nitrogens with one attached hydrogen (secondary N) is 2. The van der Waals surface area contributed by atoms with E-state index in [1.54, 1.807) is 0 Å². The summed E-state index contributed by atoms with van der Waals surface area (Å²) in [5.41, 5.74) is 0. The number of carbonyl (C=O) groups excluding carboxylic acids is 1. The van der Waals surface area contributed by atoms with Gasteiger partial charge in [-0.05, 0) is 32.2 Å². The molecule has 1 amide bonds. The number of hydrogen-bond acceptors (Lipinski definition) is 3. The van der Waals surface area contributed by atoms with Crippen molar-refractivity contribution in [1.29, 1.82) is 0 Å². The highest BCUT2D eigenvalue weighted by atomic mass is 16.2. The molecule has 0 aromatic heterocycles. The Bertz CT molecular complexity index is 274. The van der Waals surface area contributed by atoms with E-state index >= 15 is 0 Å². The van der Waals surface area contributed by atoms with Gasteiger partial charge in [-0.2, -0.15) is 0 Å². The second-order valence-corrected chi connectivity index (χ2v) is 5.93. The van der Waals surface area contributed by atoms with E-state index in [2.05, 4.69) is 15.5 Å². The van der Waals surface area contributed by atoms with Crippen molar-refractivity contribution in [2.75, 3.05) is 26.2 Å². The summed E-state index contributed by atoms with van der Waals surface area (Å²) in [4.78, 5) is 14.3. The first-order valence-electron chi connectivity index (χ1n) is 7.43. The van der Waals surface area contributed by atoms with Crippen molar-refractivity contribution in [2.24, 2.45) is 5.92 Å².